The van der Waals surface area contributed by atoms with E-state index in [4.69, 9.17) is 5.11 Å². The first-order chi connectivity index (χ1) is 6.74. The van der Waals surface area contributed by atoms with Crippen LogP contribution in [0.3, 0.4) is 0 Å². The molecule has 0 aliphatic heterocycles. The van der Waals surface area contributed by atoms with Crippen molar-refractivity contribution in [1.82, 2.24) is 4.98 Å². The number of carboxylic acids is 1. The van der Waals surface area contributed by atoms with Gasteiger partial charge in [0.1, 0.15) is 5.69 Å². The van der Waals surface area contributed by atoms with E-state index < -0.39 is 5.97 Å². The smallest absolute Gasteiger partial charge is 0.354 e. The molecular weight excluding hydrogens is 185 g/mol. The number of hydrogen-bond acceptors (Lipinski definition) is 2. The van der Waals surface area contributed by atoms with Crippen LogP contribution in [0, 0.1) is 0 Å². The fraction of sp³-hybridized carbons (Fsp3) is 0.400. The normalized spacial score (nSPS) is 10.1. The Kier molecular flexibility index (Phi) is 4.04. The highest BCUT2D eigenvalue weighted by molar-refractivity contribution is 5.85. The highest BCUT2D eigenvalue weighted by Crippen LogP contribution is 2.06. The molecule has 0 amide bonds. The summed E-state index contributed by atoms with van der Waals surface area (Å²) in [6.45, 7) is -0.323. The van der Waals surface area contributed by atoms with Gasteiger partial charge in [-0.3, -0.25) is 4.39 Å². The summed E-state index contributed by atoms with van der Waals surface area (Å²) >= 11 is 0. The second-order valence-corrected chi connectivity index (χ2v) is 3.00. The number of carboxylic acid groups (broad SMARTS) is 1. The van der Waals surface area contributed by atoms with Crippen molar-refractivity contribution in [3.8, 4) is 0 Å². The third-order valence-electron chi connectivity index (χ3n) is 1.89. The Labute approximate surface area is 81.6 Å². The first-order valence-electron chi connectivity index (χ1n) is 4.48. The predicted molar refractivity (Wildman–Crippen MR) is 50.1 cm³/mol. The van der Waals surface area contributed by atoms with Crippen molar-refractivity contribution in [3.63, 3.8) is 0 Å². The number of aryl methyl sites for hydroxylation is 1. The van der Waals surface area contributed by atoms with Crippen LogP contribution in [0.2, 0.25) is 0 Å². The third-order valence-corrected chi connectivity index (χ3v) is 1.89. The highest BCUT2D eigenvalue weighted by atomic mass is 19.1. The Morgan fingerprint density at radius 2 is 2.29 bits per heavy atom. The molecule has 0 aromatic carbocycles. The summed E-state index contributed by atoms with van der Waals surface area (Å²) in [5.74, 6) is -1.03. The molecule has 0 fully saturated rings. The molecule has 3 nitrogen and oxygen atoms in total. The Balaban J connectivity index is 2.59. The van der Waals surface area contributed by atoms with Crippen LogP contribution in [0.4, 0.5) is 4.39 Å². The van der Waals surface area contributed by atoms with Gasteiger partial charge in [-0.25, -0.2) is 9.78 Å². The number of carbonyl (C=O) groups is 1. The highest BCUT2D eigenvalue weighted by Gasteiger charge is 2.04. The molecular formula is C10H12FNO2. The summed E-state index contributed by atoms with van der Waals surface area (Å²) in [6, 6.07) is 3.28. The van der Waals surface area contributed by atoms with Gasteiger partial charge in [-0.2, -0.15) is 0 Å². The molecule has 4 heteroatoms. The maximum Gasteiger partial charge on any atom is 0.354 e. The van der Waals surface area contributed by atoms with Gasteiger partial charge >= 0.3 is 5.97 Å². The Morgan fingerprint density at radius 1 is 1.50 bits per heavy atom. The molecule has 1 rings (SSSR count). The van der Waals surface area contributed by atoms with Crippen molar-refractivity contribution >= 4 is 5.97 Å². The van der Waals surface area contributed by atoms with Gasteiger partial charge in [-0.15, -0.1) is 0 Å². The summed E-state index contributed by atoms with van der Waals surface area (Å²) in [4.78, 5) is 14.3. The molecule has 1 heterocycles. The predicted octanol–water partition coefficient (Wildman–Crippen LogP) is 2.07. The first-order valence-corrected chi connectivity index (χ1v) is 4.48. The van der Waals surface area contributed by atoms with Gasteiger partial charge in [0.05, 0.1) is 6.67 Å². The number of unbranched alkanes of at least 4 members (excludes halogenated alkanes) is 1. The van der Waals surface area contributed by atoms with Gasteiger partial charge in [-0.1, -0.05) is 0 Å². The zero-order valence-corrected chi connectivity index (χ0v) is 7.74. The van der Waals surface area contributed by atoms with E-state index >= 15 is 0 Å². The van der Waals surface area contributed by atoms with Gasteiger partial charge in [0, 0.05) is 6.20 Å². The molecule has 76 valence electrons. The number of halogens is 1. The Bertz CT molecular complexity index is 315. The van der Waals surface area contributed by atoms with Crippen LogP contribution in [-0.2, 0) is 6.42 Å². The molecule has 0 saturated carbocycles. The summed E-state index contributed by atoms with van der Waals surface area (Å²) in [7, 11) is 0. The monoisotopic (exact) mass is 197 g/mol. The molecule has 0 bridgehead atoms. The molecule has 0 unspecified atom stereocenters. The van der Waals surface area contributed by atoms with Crippen LogP contribution >= 0.6 is 0 Å². The van der Waals surface area contributed by atoms with Gasteiger partial charge < -0.3 is 5.11 Å². The Morgan fingerprint density at radius 3 is 2.93 bits per heavy atom. The number of hydrogen-bond donors (Lipinski definition) is 1. The summed E-state index contributed by atoms with van der Waals surface area (Å²) < 4.78 is 11.8. The number of aromatic carboxylic acids is 1. The zero-order chi connectivity index (χ0) is 10.4. The molecule has 1 aromatic heterocycles. The molecule has 0 aliphatic carbocycles. The van der Waals surface area contributed by atoms with E-state index in [0.29, 0.717) is 12.8 Å². The topological polar surface area (TPSA) is 50.2 Å². The minimum Gasteiger partial charge on any atom is -0.477 e. The zero-order valence-electron chi connectivity index (χ0n) is 7.74. The lowest BCUT2D eigenvalue weighted by atomic mass is 10.1. The number of alkyl halides is 1. The Hall–Kier alpha value is -1.45. The van der Waals surface area contributed by atoms with Crippen LogP contribution in [0.5, 0.6) is 0 Å². The second kappa shape index (κ2) is 5.32. The van der Waals surface area contributed by atoms with Crippen LogP contribution in [0.15, 0.2) is 18.3 Å². The standard InChI is InChI=1S/C10H12FNO2/c11-5-2-1-3-8-4-6-12-9(7-8)10(13)14/h4,6-7H,1-3,5H2,(H,13,14). The summed E-state index contributed by atoms with van der Waals surface area (Å²) in [5.41, 5.74) is 0.939. The fourth-order valence-electron chi connectivity index (χ4n) is 1.17. The summed E-state index contributed by atoms with van der Waals surface area (Å²) in [6.07, 6.45) is 3.42. The van der Waals surface area contributed by atoms with E-state index in [0.717, 1.165) is 12.0 Å². The maximum absolute atomic E-state index is 11.8. The quantitative estimate of drug-likeness (QED) is 0.735. The van der Waals surface area contributed by atoms with Crippen LogP contribution < -0.4 is 0 Å². The second-order valence-electron chi connectivity index (χ2n) is 3.00. The first kappa shape index (κ1) is 10.6. The van der Waals surface area contributed by atoms with Gasteiger partial charge in [0.15, 0.2) is 0 Å². The number of nitrogens with zero attached hydrogens (tertiary/aromatic N) is 1. The number of aromatic nitrogens is 1. The molecule has 1 aromatic rings. The van der Waals surface area contributed by atoms with E-state index in [9.17, 15) is 9.18 Å². The van der Waals surface area contributed by atoms with Crippen molar-refractivity contribution in [3.05, 3.63) is 29.6 Å². The van der Waals surface area contributed by atoms with Crippen molar-refractivity contribution in [1.29, 1.82) is 0 Å². The van der Waals surface area contributed by atoms with Crippen LogP contribution in [-0.4, -0.2) is 22.7 Å². The van der Waals surface area contributed by atoms with Crippen molar-refractivity contribution in [2.45, 2.75) is 19.3 Å². The minimum absolute atomic E-state index is 0.0442. The molecule has 14 heavy (non-hydrogen) atoms. The average Bonchev–Trinajstić information content (AvgIpc) is 2.19. The summed E-state index contributed by atoms with van der Waals surface area (Å²) in [5, 5.41) is 8.66. The number of rotatable bonds is 5. The van der Waals surface area contributed by atoms with Crippen molar-refractivity contribution in [2.24, 2.45) is 0 Å². The van der Waals surface area contributed by atoms with Gasteiger partial charge in [-0.05, 0) is 37.0 Å². The van der Waals surface area contributed by atoms with Gasteiger partial charge in [0.25, 0.3) is 0 Å². The third kappa shape index (κ3) is 3.12. The largest absolute Gasteiger partial charge is 0.477 e. The molecule has 0 aliphatic rings. The number of pyridine rings is 1. The SMILES string of the molecule is O=C(O)c1cc(CCCCF)ccn1. The average molecular weight is 197 g/mol. The molecule has 0 radical (unpaired) electrons. The fourth-order valence-corrected chi connectivity index (χ4v) is 1.17. The van der Waals surface area contributed by atoms with Crippen molar-refractivity contribution < 1.29 is 14.3 Å². The molecule has 1 N–H and O–H groups in total. The van der Waals surface area contributed by atoms with Crippen LogP contribution in [0.1, 0.15) is 28.9 Å². The van der Waals surface area contributed by atoms with E-state index in [-0.39, 0.29) is 12.4 Å². The van der Waals surface area contributed by atoms with E-state index in [1.807, 2.05) is 0 Å². The van der Waals surface area contributed by atoms with E-state index in [1.165, 1.54) is 12.3 Å². The lowest BCUT2D eigenvalue weighted by molar-refractivity contribution is 0.0690. The van der Waals surface area contributed by atoms with Crippen LogP contribution in [0.25, 0.3) is 0 Å². The van der Waals surface area contributed by atoms with E-state index in [2.05, 4.69) is 4.98 Å². The van der Waals surface area contributed by atoms with E-state index in [1.54, 1.807) is 6.07 Å². The minimum atomic E-state index is -1.03. The lowest BCUT2D eigenvalue weighted by Gasteiger charge is -2.00. The van der Waals surface area contributed by atoms with Gasteiger partial charge in [0.2, 0.25) is 0 Å². The molecule has 0 atom stereocenters. The lowest BCUT2D eigenvalue weighted by Crippen LogP contribution is -2.00. The van der Waals surface area contributed by atoms with Crippen molar-refractivity contribution in [2.75, 3.05) is 6.67 Å². The molecule has 0 spiro atoms. The maximum atomic E-state index is 11.8. The molecule has 0 saturated heterocycles.